The van der Waals surface area contributed by atoms with Crippen molar-refractivity contribution in [1.82, 2.24) is 4.90 Å². The molecule has 0 aromatic heterocycles. The predicted molar refractivity (Wildman–Crippen MR) is 155 cm³/mol. The Bertz CT molecular complexity index is 1300. The third-order valence-corrected chi connectivity index (χ3v) is 7.23. The molecule has 1 heterocycles. The van der Waals surface area contributed by atoms with Crippen molar-refractivity contribution in [2.24, 2.45) is 0 Å². The van der Waals surface area contributed by atoms with E-state index in [-0.39, 0.29) is 12.4 Å². The predicted octanol–water partition coefficient (Wildman–Crippen LogP) is 8.33. The van der Waals surface area contributed by atoms with E-state index in [9.17, 15) is 0 Å². The molecular formula is C32H36ClNO3. The van der Waals surface area contributed by atoms with E-state index in [1.165, 1.54) is 37.9 Å². The Balaban J connectivity index is 0.00000320. The second-order valence-electron chi connectivity index (χ2n) is 9.69. The second kappa shape index (κ2) is 12.4. The smallest absolute Gasteiger partial charge is 0.143 e. The number of ether oxygens (including phenoxy) is 3. The summed E-state index contributed by atoms with van der Waals surface area (Å²) in [7, 11) is 3.38. The fourth-order valence-electron chi connectivity index (χ4n) is 5.13. The first-order valence-corrected chi connectivity index (χ1v) is 12.9. The minimum atomic E-state index is 0. The van der Waals surface area contributed by atoms with E-state index in [4.69, 9.17) is 14.2 Å². The summed E-state index contributed by atoms with van der Waals surface area (Å²) < 4.78 is 17.4. The largest absolute Gasteiger partial charge is 0.497 e. The summed E-state index contributed by atoms with van der Waals surface area (Å²) in [6, 6.07) is 27.1. The summed E-state index contributed by atoms with van der Waals surface area (Å²) in [5.41, 5.74) is 3.47. The van der Waals surface area contributed by atoms with E-state index in [0.29, 0.717) is 5.92 Å². The van der Waals surface area contributed by atoms with Crippen molar-refractivity contribution in [2.45, 2.75) is 32.1 Å². The molecule has 0 saturated carbocycles. The van der Waals surface area contributed by atoms with Crippen molar-refractivity contribution < 1.29 is 14.2 Å². The maximum absolute atomic E-state index is 6.61. The molecule has 194 valence electrons. The summed E-state index contributed by atoms with van der Waals surface area (Å²) in [4.78, 5) is 2.60. The highest BCUT2D eigenvalue weighted by atomic mass is 35.5. The van der Waals surface area contributed by atoms with Gasteiger partial charge in [-0.1, -0.05) is 43.7 Å². The topological polar surface area (TPSA) is 30.9 Å². The molecule has 4 aromatic carbocycles. The van der Waals surface area contributed by atoms with Crippen LogP contribution in [0.1, 0.15) is 37.7 Å². The third kappa shape index (κ3) is 6.20. The standard InChI is InChI=1S/C32H35NO3.ClH/c1-23(22-33-19-5-4-6-20-33)24-7-14-28(15-8-24)36-32-30(25-9-12-27(34-2)13-10-25)17-11-26-21-29(35-3)16-18-31(26)32;/h7-18,21,23H,4-6,19-20,22H2,1-3H3;1H. The van der Waals surface area contributed by atoms with E-state index in [1.807, 2.05) is 24.3 Å². The molecule has 1 fully saturated rings. The normalized spacial score (nSPS) is 14.6. The van der Waals surface area contributed by atoms with Gasteiger partial charge in [0, 0.05) is 17.5 Å². The van der Waals surface area contributed by atoms with Crippen LogP contribution in [0.4, 0.5) is 0 Å². The lowest BCUT2D eigenvalue weighted by Gasteiger charge is -2.29. The molecule has 4 nitrogen and oxygen atoms in total. The van der Waals surface area contributed by atoms with Gasteiger partial charge in [-0.15, -0.1) is 12.4 Å². The Hall–Kier alpha value is -3.21. The van der Waals surface area contributed by atoms with Crippen LogP contribution in [0.15, 0.2) is 78.9 Å². The lowest BCUT2D eigenvalue weighted by atomic mass is 9.98. The number of fused-ring (bicyclic) bond motifs is 1. The molecule has 5 heteroatoms. The average Bonchev–Trinajstić information content (AvgIpc) is 2.94. The number of piperidine rings is 1. The number of halogens is 1. The number of likely N-dealkylation sites (tertiary alicyclic amines) is 1. The number of nitrogens with zero attached hydrogens (tertiary/aromatic N) is 1. The molecule has 4 aromatic rings. The molecule has 0 bridgehead atoms. The molecule has 1 unspecified atom stereocenters. The van der Waals surface area contributed by atoms with E-state index >= 15 is 0 Å². The maximum Gasteiger partial charge on any atom is 0.143 e. The summed E-state index contributed by atoms with van der Waals surface area (Å²) >= 11 is 0. The van der Waals surface area contributed by atoms with Crippen LogP contribution in [-0.4, -0.2) is 38.8 Å². The number of rotatable bonds is 8. The Morgan fingerprint density at radius 3 is 2.05 bits per heavy atom. The van der Waals surface area contributed by atoms with Gasteiger partial charge in [0.1, 0.15) is 23.0 Å². The highest BCUT2D eigenvalue weighted by Crippen LogP contribution is 2.41. The number of methoxy groups -OCH3 is 2. The van der Waals surface area contributed by atoms with Gasteiger partial charge in [-0.3, -0.25) is 0 Å². The van der Waals surface area contributed by atoms with Crippen LogP contribution in [0.5, 0.6) is 23.0 Å². The van der Waals surface area contributed by atoms with Crippen LogP contribution < -0.4 is 14.2 Å². The summed E-state index contributed by atoms with van der Waals surface area (Å²) in [5.74, 6) is 3.84. The Morgan fingerprint density at radius 1 is 0.730 bits per heavy atom. The zero-order valence-corrected chi connectivity index (χ0v) is 22.7. The number of hydrogen-bond acceptors (Lipinski definition) is 4. The molecule has 1 saturated heterocycles. The van der Waals surface area contributed by atoms with Crippen LogP contribution in [0.25, 0.3) is 21.9 Å². The Labute approximate surface area is 226 Å². The number of benzene rings is 4. The van der Waals surface area contributed by atoms with Gasteiger partial charge in [-0.05, 0) is 96.9 Å². The van der Waals surface area contributed by atoms with Crippen LogP contribution in [0.2, 0.25) is 0 Å². The van der Waals surface area contributed by atoms with Crippen molar-refractivity contribution in [3.63, 3.8) is 0 Å². The van der Waals surface area contributed by atoms with E-state index < -0.39 is 0 Å². The van der Waals surface area contributed by atoms with Gasteiger partial charge in [0.05, 0.1) is 14.2 Å². The quantitative estimate of drug-likeness (QED) is 0.235. The Kier molecular flexibility index (Phi) is 8.96. The van der Waals surface area contributed by atoms with E-state index in [0.717, 1.165) is 51.4 Å². The zero-order chi connectivity index (χ0) is 24.9. The molecular weight excluding hydrogens is 482 g/mol. The van der Waals surface area contributed by atoms with Gasteiger partial charge < -0.3 is 19.1 Å². The monoisotopic (exact) mass is 517 g/mol. The second-order valence-corrected chi connectivity index (χ2v) is 9.69. The van der Waals surface area contributed by atoms with Gasteiger partial charge >= 0.3 is 0 Å². The molecule has 0 radical (unpaired) electrons. The van der Waals surface area contributed by atoms with Gasteiger partial charge in [0.25, 0.3) is 0 Å². The maximum atomic E-state index is 6.61. The van der Waals surface area contributed by atoms with Gasteiger partial charge in [0.15, 0.2) is 0 Å². The molecule has 0 spiro atoms. The molecule has 0 N–H and O–H groups in total. The highest BCUT2D eigenvalue weighted by Gasteiger charge is 2.16. The van der Waals surface area contributed by atoms with Crippen molar-refractivity contribution in [2.75, 3.05) is 33.9 Å². The lowest BCUT2D eigenvalue weighted by Crippen LogP contribution is -2.32. The van der Waals surface area contributed by atoms with Crippen LogP contribution >= 0.6 is 12.4 Å². The fraction of sp³-hybridized carbons (Fsp3) is 0.312. The van der Waals surface area contributed by atoms with E-state index in [1.54, 1.807) is 14.2 Å². The molecule has 1 atom stereocenters. The van der Waals surface area contributed by atoms with Crippen molar-refractivity contribution >= 4 is 23.2 Å². The summed E-state index contributed by atoms with van der Waals surface area (Å²) in [6.45, 7) is 5.90. The third-order valence-electron chi connectivity index (χ3n) is 7.23. The minimum absolute atomic E-state index is 0. The molecule has 0 aliphatic carbocycles. The van der Waals surface area contributed by atoms with Crippen LogP contribution in [-0.2, 0) is 0 Å². The summed E-state index contributed by atoms with van der Waals surface area (Å²) in [6.07, 6.45) is 4.02. The van der Waals surface area contributed by atoms with E-state index in [2.05, 4.69) is 66.4 Å². The van der Waals surface area contributed by atoms with Crippen molar-refractivity contribution in [3.05, 3.63) is 84.4 Å². The van der Waals surface area contributed by atoms with Crippen molar-refractivity contribution in [3.8, 4) is 34.1 Å². The first-order chi connectivity index (χ1) is 17.6. The zero-order valence-electron chi connectivity index (χ0n) is 21.9. The van der Waals surface area contributed by atoms with Gasteiger partial charge in [-0.25, -0.2) is 0 Å². The molecule has 0 amide bonds. The molecule has 1 aliphatic heterocycles. The average molecular weight is 518 g/mol. The lowest BCUT2D eigenvalue weighted by molar-refractivity contribution is 0.219. The first-order valence-electron chi connectivity index (χ1n) is 12.9. The molecule has 5 rings (SSSR count). The SMILES string of the molecule is COc1ccc(-c2ccc3cc(OC)ccc3c2Oc2ccc(C(C)CN3CCCCC3)cc2)cc1.Cl. The minimum Gasteiger partial charge on any atom is -0.497 e. The first kappa shape index (κ1) is 26.8. The van der Waals surface area contributed by atoms with Crippen molar-refractivity contribution in [1.29, 1.82) is 0 Å². The molecule has 1 aliphatic rings. The van der Waals surface area contributed by atoms with Gasteiger partial charge in [0.2, 0.25) is 0 Å². The highest BCUT2D eigenvalue weighted by molar-refractivity contribution is 5.96. The Morgan fingerprint density at radius 2 is 1.38 bits per heavy atom. The number of hydrogen-bond donors (Lipinski definition) is 0. The van der Waals surface area contributed by atoms with Crippen LogP contribution in [0.3, 0.4) is 0 Å². The fourth-order valence-corrected chi connectivity index (χ4v) is 5.13. The summed E-state index contributed by atoms with van der Waals surface area (Å²) in [5, 5.41) is 2.13. The molecule has 37 heavy (non-hydrogen) atoms. The van der Waals surface area contributed by atoms with Crippen LogP contribution in [0, 0.1) is 0 Å². The van der Waals surface area contributed by atoms with Gasteiger partial charge in [-0.2, -0.15) is 0 Å².